The van der Waals surface area contributed by atoms with Crippen molar-refractivity contribution in [3.63, 3.8) is 0 Å². The lowest BCUT2D eigenvalue weighted by molar-refractivity contribution is -0.385. The molecule has 1 aliphatic heterocycles. The average molecular weight is 446 g/mol. The third-order valence-electron chi connectivity index (χ3n) is 4.38. The van der Waals surface area contributed by atoms with Crippen LogP contribution < -0.4 is 10.1 Å². The first-order chi connectivity index (χ1) is 13.6. The van der Waals surface area contributed by atoms with Crippen LogP contribution in [0.2, 0.25) is 0 Å². The van der Waals surface area contributed by atoms with Gasteiger partial charge in [0.25, 0.3) is 0 Å². The molecule has 0 saturated carbocycles. The van der Waals surface area contributed by atoms with E-state index in [1.54, 1.807) is 24.4 Å². The number of nitro groups is 1. The molecular formula is C18H16BrN5O4. The van der Waals surface area contributed by atoms with Crippen molar-refractivity contribution >= 4 is 38.3 Å². The van der Waals surface area contributed by atoms with Crippen molar-refractivity contribution < 1.29 is 14.4 Å². The summed E-state index contributed by atoms with van der Waals surface area (Å²) in [6.45, 7) is 1.14. The lowest BCUT2D eigenvalue weighted by Gasteiger charge is -2.13. The summed E-state index contributed by atoms with van der Waals surface area (Å²) in [6.07, 6.45) is 4.76. The van der Waals surface area contributed by atoms with E-state index < -0.39 is 4.92 Å². The number of ether oxygens (including phenoxy) is 2. The van der Waals surface area contributed by atoms with Crippen LogP contribution >= 0.6 is 15.9 Å². The molecular weight excluding hydrogens is 430 g/mol. The van der Waals surface area contributed by atoms with Crippen LogP contribution in [0.1, 0.15) is 12.8 Å². The highest BCUT2D eigenvalue weighted by Gasteiger charge is 2.27. The summed E-state index contributed by atoms with van der Waals surface area (Å²) in [7, 11) is 0. The van der Waals surface area contributed by atoms with Crippen LogP contribution in [-0.4, -0.2) is 39.1 Å². The number of fused-ring (bicyclic) bond motifs is 1. The lowest BCUT2D eigenvalue weighted by atomic mass is 10.2. The minimum Gasteiger partial charge on any atom is -0.431 e. The van der Waals surface area contributed by atoms with Gasteiger partial charge in [-0.3, -0.25) is 15.1 Å². The number of pyridine rings is 1. The molecule has 4 rings (SSSR count). The molecule has 2 aromatic heterocycles. The maximum absolute atomic E-state index is 11.7. The second kappa shape index (κ2) is 8.03. The Kier molecular flexibility index (Phi) is 5.31. The number of anilines is 1. The fraction of sp³-hybridized carbons (Fsp3) is 0.278. The quantitative estimate of drug-likeness (QED) is 0.445. The molecule has 10 heteroatoms. The van der Waals surface area contributed by atoms with Crippen molar-refractivity contribution in [1.82, 2.24) is 15.0 Å². The highest BCUT2D eigenvalue weighted by Crippen LogP contribution is 2.37. The Bertz CT molecular complexity index is 1030. The Labute approximate surface area is 168 Å². The molecule has 1 aromatic carbocycles. The number of benzene rings is 1. The molecule has 0 spiro atoms. The highest BCUT2D eigenvalue weighted by atomic mass is 79.9. The minimum atomic E-state index is -0.554. The monoisotopic (exact) mass is 445 g/mol. The number of hydrogen-bond acceptors (Lipinski definition) is 8. The number of halogens is 1. The van der Waals surface area contributed by atoms with Gasteiger partial charge in [-0.15, -0.1) is 0 Å². The van der Waals surface area contributed by atoms with Gasteiger partial charge in [0.2, 0.25) is 5.82 Å². The van der Waals surface area contributed by atoms with Crippen LogP contribution in [0.15, 0.2) is 41.3 Å². The molecule has 0 aliphatic carbocycles. The van der Waals surface area contributed by atoms with Gasteiger partial charge < -0.3 is 14.8 Å². The van der Waals surface area contributed by atoms with E-state index in [0.29, 0.717) is 24.4 Å². The summed E-state index contributed by atoms with van der Waals surface area (Å²) < 4.78 is 12.2. The van der Waals surface area contributed by atoms with E-state index >= 15 is 0 Å². The largest absolute Gasteiger partial charge is 0.431 e. The Morgan fingerprint density at radius 1 is 1.32 bits per heavy atom. The molecule has 0 bridgehead atoms. The van der Waals surface area contributed by atoms with Crippen molar-refractivity contribution in [2.45, 2.75) is 18.9 Å². The SMILES string of the molecule is O=[N+]([O-])c1c(NCC2CCCO2)ncnc1Oc1ccc(Br)c2cccnc12. The molecule has 1 aliphatic rings. The first-order valence-electron chi connectivity index (χ1n) is 8.69. The zero-order chi connectivity index (χ0) is 19.5. The third kappa shape index (κ3) is 3.73. The van der Waals surface area contributed by atoms with E-state index in [9.17, 15) is 10.1 Å². The van der Waals surface area contributed by atoms with Gasteiger partial charge in [0.1, 0.15) is 11.8 Å². The molecule has 1 N–H and O–H groups in total. The fourth-order valence-corrected chi connectivity index (χ4v) is 3.50. The van der Waals surface area contributed by atoms with Crippen molar-refractivity contribution in [2.75, 3.05) is 18.5 Å². The van der Waals surface area contributed by atoms with Gasteiger partial charge in [-0.1, -0.05) is 22.0 Å². The first kappa shape index (κ1) is 18.5. The van der Waals surface area contributed by atoms with Crippen LogP contribution in [-0.2, 0) is 4.74 Å². The van der Waals surface area contributed by atoms with Crippen LogP contribution in [0.3, 0.4) is 0 Å². The number of hydrogen-bond donors (Lipinski definition) is 1. The normalized spacial score (nSPS) is 16.2. The second-order valence-corrected chi connectivity index (χ2v) is 7.05. The predicted octanol–water partition coefficient (Wildman–Crippen LogP) is 4.08. The maximum Gasteiger partial charge on any atom is 0.373 e. The Morgan fingerprint density at radius 3 is 3.00 bits per heavy atom. The predicted molar refractivity (Wildman–Crippen MR) is 106 cm³/mol. The molecule has 1 unspecified atom stereocenters. The van der Waals surface area contributed by atoms with Gasteiger partial charge in [0.15, 0.2) is 5.75 Å². The summed E-state index contributed by atoms with van der Waals surface area (Å²) >= 11 is 3.47. The van der Waals surface area contributed by atoms with Crippen molar-refractivity contribution in [2.24, 2.45) is 0 Å². The van der Waals surface area contributed by atoms with Crippen LogP contribution in [0.25, 0.3) is 10.9 Å². The molecule has 0 amide bonds. The molecule has 28 heavy (non-hydrogen) atoms. The standard InChI is InChI=1S/C18H16BrN5O4/c19-13-5-6-14(15-12(13)4-1-7-20-15)28-18-16(24(25)26)17(22-10-23-18)21-9-11-3-2-8-27-11/h1,4-7,10-11H,2-3,8-9H2,(H,21,22,23). The van der Waals surface area contributed by atoms with E-state index in [-0.39, 0.29) is 23.5 Å². The number of nitrogens with one attached hydrogen (secondary N) is 1. The average Bonchev–Trinajstić information content (AvgIpc) is 3.22. The minimum absolute atomic E-state index is 0.0126. The summed E-state index contributed by atoms with van der Waals surface area (Å²) in [5.41, 5.74) is 0.242. The van der Waals surface area contributed by atoms with Gasteiger partial charge in [-0.25, -0.2) is 4.98 Å². The van der Waals surface area contributed by atoms with E-state index in [4.69, 9.17) is 9.47 Å². The third-order valence-corrected chi connectivity index (χ3v) is 5.07. The molecule has 3 heterocycles. The Morgan fingerprint density at radius 2 is 2.21 bits per heavy atom. The molecule has 0 radical (unpaired) electrons. The van der Waals surface area contributed by atoms with Crippen molar-refractivity contribution in [1.29, 1.82) is 0 Å². The lowest BCUT2D eigenvalue weighted by Crippen LogP contribution is -2.19. The van der Waals surface area contributed by atoms with Gasteiger partial charge in [-0.2, -0.15) is 4.98 Å². The molecule has 1 saturated heterocycles. The molecule has 1 fully saturated rings. The van der Waals surface area contributed by atoms with Crippen molar-refractivity contribution in [3.8, 4) is 11.6 Å². The summed E-state index contributed by atoms with van der Waals surface area (Å²) in [4.78, 5) is 23.5. The van der Waals surface area contributed by atoms with Gasteiger partial charge in [-0.05, 0) is 31.0 Å². The van der Waals surface area contributed by atoms with Gasteiger partial charge >= 0.3 is 11.6 Å². The Balaban J connectivity index is 1.67. The zero-order valence-corrected chi connectivity index (χ0v) is 16.3. The van der Waals surface area contributed by atoms with E-state index in [1.165, 1.54) is 6.33 Å². The summed E-state index contributed by atoms with van der Waals surface area (Å²) in [5.74, 6) is 0.315. The smallest absolute Gasteiger partial charge is 0.373 e. The first-order valence-corrected chi connectivity index (χ1v) is 9.48. The van der Waals surface area contributed by atoms with Crippen LogP contribution in [0.5, 0.6) is 11.6 Å². The molecule has 9 nitrogen and oxygen atoms in total. The fourth-order valence-electron chi connectivity index (χ4n) is 3.05. The van der Waals surface area contributed by atoms with Gasteiger partial charge in [0, 0.05) is 29.2 Å². The van der Waals surface area contributed by atoms with E-state index in [2.05, 4.69) is 36.2 Å². The Hall–Kier alpha value is -2.85. The second-order valence-electron chi connectivity index (χ2n) is 6.20. The van der Waals surface area contributed by atoms with Gasteiger partial charge in [0.05, 0.1) is 11.0 Å². The maximum atomic E-state index is 11.7. The number of rotatable bonds is 6. The van der Waals surface area contributed by atoms with E-state index in [1.807, 2.05) is 6.07 Å². The van der Waals surface area contributed by atoms with Crippen molar-refractivity contribution in [3.05, 3.63) is 51.4 Å². The number of aromatic nitrogens is 3. The summed E-state index contributed by atoms with van der Waals surface area (Å²) in [6, 6.07) is 7.16. The van der Waals surface area contributed by atoms with Crippen LogP contribution in [0, 0.1) is 10.1 Å². The van der Waals surface area contributed by atoms with Crippen LogP contribution in [0.4, 0.5) is 11.5 Å². The highest BCUT2D eigenvalue weighted by molar-refractivity contribution is 9.10. The van der Waals surface area contributed by atoms with E-state index in [0.717, 1.165) is 22.7 Å². The molecule has 1 atom stereocenters. The molecule has 144 valence electrons. The number of nitrogens with zero attached hydrogens (tertiary/aromatic N) is 4. The topological polar surface area (TPSA) is 112 Å². The molecule has 3 aromatic rings. The summed E-state index contributed by atoms with van der Waals surface area (Å²) in [5, 5.41) is 15.5. The zero-order valence-electron chi connectivity index (χ0n) is 14.7.